The maximum Gasteiger partial charge on any atom is 0.466 e. The Morgan fingerprint density at radius 1 is 1.36 bits per heavy atom. The smallest absolute Gasteiger partial charge is 0.466 e. The number of hydrogen-bond acceptors (Lipinski definition) is 5. The van der Waals surface area contributed by atoms with E-state index in [1.165, 1.54) is 7.11 Å². The van der Waals surface area contributed by atoms with Gasteiger partial charge in [-0.3, -0.25) is 9.78 Å². The van der Waals surface area contributed by atoms with E-state index in [4.69, 9.17) is 25.6 Å². The molecule has 1 fully saturated rings. The standard InChI is InChI=1S/C15H21BClNO4/c1-14(2)15(3,4)22-16(21-14)11(8-13(19)20-5)10-6-7-18-9-12(10)17/h6-7,9,11H,8H2,1-5H3. The largest absolute Gasteiger partial charge is 0.469 e. The van der Waals surface area contributed by atoms with Crippen molar-refractivity contribution in [2.24, 2.45) is 0 Å². The molecule has 7 heteroatoms. The Balaban J connectivity index is 2.35. The van der Waals surface area contributed by atoms with Crippen LogP contribution in [0.3, 0.4) is 0 Å². The van der Waals surface area contributed by atoms with Crippen molar-refractivity contribution < 1.29 is 18.8 Å². The fourth-order valence-corrected chi connectivity index (χ4v) is 2.61. The molecule has 1 aromatic rings. The Hall–Kier alpha value is -1.11. The average Bonchev–Trinajstić information content (AvgIpc) is 2.65. The van der Waals surface area contributed by atoms with Gasteiger partial charge in [0.25, 0.3) is 0 Å². The number of hydrogen-bond donors (Lipinski definition) is 0. The second-order valence-electron chi connectivity index (χ2n) is 6.41. The van der Waals surface area contributed by atoms with Gasteiger partial charge in [-0.15, -0.1) is 0 Å². The molecule has 1 aliphatic heterocycles. The van der Waals surface area contributed by atoms with Crippen LogP contribution in [0.15, 0.2) is 18.5 Å². The van der Waals surface area contributed by atoms with Crippen molar-refractivity contribution in [3.8, 4) is 0 Å². The van der Waals surface area contributed by atoms with E-state index in [0.29, 0.717) is 5.02 Å². The maximum atomic E-state index is 11.8. The molecular formula is C15H21BClNO4. The van der Waals surface area contributed by atoms with Crippen molar-refractivity contribution in [3.05, 3.63) is 29.0 Å². The lowest BCUT2D eigenvalue weighted by Gasteiger charge is -2.32. The molecule has 1 aromatic heterocycles. The molecule has 22 heavy (non-hydrogen) atoms. The molecule has 0 amide bonds. The van der Waals surface area contributed by atoms with Crippen LogP contribution in [0, 0.1) is 0 Å². The SMILES string of the molecule is COC(=O)CC(B1OC(C)(C)C(C)(C)O1)c1ccncc1Cl. The van der Waals surface area contributed by atoms with Crippen LogP contribution in [-0.2, 0) is 18.8 Å². The van der Waals surface area contributed by atoms with Gasteiger partial charge in [-0.05, 0) is 39.3 Å². The summed E-state index contributed by atoms with van der Waals surface area (Å²) in [4.78, 5) is 15.8. The Morgan fingerprint density at radius 3 is 2.45 bits per heavy atom. The first-order valence-electron chi connectivity index (χ1n) is 7.20. The van der Waals surface area contributed by atoms with Crippen molar-refractivity contribution >= 4 is 24.7 Å². The van der Waals surface area contributed by atoms with Crippen molar-refractivity contribution in [2.45, 2.75) is 51.1 Å². The highest BCUT2D eigenvalue weighted by Gasteiger charge is 2.54. The van der Waals surface area contributed by atoms with Gasteiger partial charge in [0, 0.05) is 18.2 Å². The Bertz CT molecular complexity index is 548. The Morgan fingerprint density at radius 2 is 1.95 bits per heavy atom. The molecule has 2 rings (SSSR count). The zero-order valence-corrected chi connectivity index (χ0v) is 14.3. The minimum absolute atomic E-state index is 0.122. The van der Waals surface area contributed by atoms with Crippen molar-refractivity contribution in [2.75, 3.05) is 7.11 Å². The molecule has 1 atom stereocenters. The molecule has 5 nitrogen and oxygen atoms in total. The van der Waals surface area contributed by atoms with E-state index >= 15 is 0 Å². The molecule has 1 saturated heterocycles. The van der Waals surface area contributed by atoms with Gasteiger partial charge in [0.1, 0.15) is 0 Å². The molecular weight excluding hydrogens is 304 g/mol. The summed E-state index contributed by atoms with van der Waals surface area (Å²) < 4.78 is 16.9. The molecule has 0 N–H and O–H groups in total. The lowest BCUT2D eigenvalue weighted by atomic mass is 9.66. The second-order valence-corrected chi connectivity index (χ2v) is 6.82. The lowest BCUT2D eigenvalue weighted by Crippen LogP contribution is -2.41. The van der Waals surface area contributed by atoms with E-state index < -0.39 is 18.3 Å². The van der Waals surface area contributed by atoms with Crippen LogP contribution in [0.4, 0.5) is 0 Å². The highest BCUT2D eigenvalue weighted by Crippen LogP contribution is 2.42. The van der Waals surface area contributed by atoms with Gasteiger partial charge in [0.05, 0.1) is 29.8 Å². The van der Waals surface area contributed by atoms with Crippen molar-refractivity contribution in [1.82, 2.24) is 4.98 Å². The van der Waals surface area contributed by atoms with Gasteiger partial charge in [-0.25, -0.2) is 0 Å². The van der Waals surface area contributed by atoms with Crippen LogP contribution in [0.25, 0.3) is 0 Å². The van der Waals surface area contributed by atoms with E-state index in [-0.39, 0.29) is 18.2 Å². The van der Waals surface area contributed by atoms with Gasteiger partial charge in [0.2, 0.25) is 0 Å². The van der Waals surface area contributed by atoms with Gasteiger partial charge in [0.15, 0.2) is 0 Å². The third kappa shape index (κ3) is 3.29. The van der Waals surface area contributed by atoms with Crippen LogP contribution < -0.4 is 0 Å². The van der Waals surface area contributed by atoms with E-state index in [1.807, 2.05) is 27.7 Å². The average molecular weight is 326 g/mol. The third-order valence-electron chi connectivity index (χ3n) is 4.42. The zero-order valence-electron chi connectivity index (χ0n) is 13.6. The fourth-order valence-electron chi connectivity index (χ4n) is 2.36. The first kappa shape index (κ1) is 17.3. The number of carbonyl (C=O) groups is 1. The predicted octanol–water partition coefficient (Wildman–Crippen LogP) is 3.01. The molecule has 1 unspecified atom stereocenters. The summed E-state index contributed by atoms with van der Waals surface area (Å²) in [7, 11) is 0.779. The van der Waals surface area contributed by atoms with Crippen molar-refractivity contribution in [1.29, 1.82) is 0 Å². The minimum atomic E-state index is -0.580. The number of esters is 1. The number of pyridine rings is 1. The number of ether oxygens (including phenoxy) is 1. The molecule has 0 spiro atoms. The van der Waals surface area contributed by atoms with Crippen LogP contribution in [0.5, 0.6) is 0 Å². The summed E-state index contributed by atoms with van der Waals surface area (Å²) >= 11 is 6.24. The number of rotatable bonds is 4. The summed E-state index contributed by atoms with van der Waals surface area (Å²) in [6, 6.07) is 1.78. The number of halogens is 1. The monoisotopic (exact) mass is 325 g/mol. The van der Waals surface area contributed by atoms with Crippen LogP contribution in [0.1, 0.15) is 45.5 Å². The van der Waals surface area contributed by atoms with Gasteiger partial charge in [-0.2, -0.15) is 0 Å². The molecule has 0 bridgehead atoms. The molecule has 1 aliphatic rings. The van der Waals surface area contributed by atoms with Crippen molar-refractivity contribution in [3.63, 3.8) is 0 Å². The van der Waals surface area contributed by atoms with Gasteiger partial charge >= 0.3 is 13.1 Å². The summed E-state index contributed by atoms with van der Waals surface area (Å²) in [5.74, 6) is -0.698. The van der Waals surface area contributed by atoms with E-state index in [0.717, 1.165) is 5.56 Å². The highest BCUT2D eigenvalue weighted by molar-refractivity contribution is 6.48. The van der Waals surface area contributed by atoms with Crippen LogP contribution in [0.2, 0.25) is 5.02 Å². The topological polar surface area (TPSA) is 57.7 Å². The van der Waals surface area contributed by atoms with Gasteiger partial charge in [-0.1, -0.05) is 11.6 Å². The normalized spacial score (nSPS) is 20.7. The fraction of sp³-hybridized carbons (Fsp3) is 0.600. The molecule has 2 heterocycles. The summed E-state index contributed by atoms with van der Waals surface area (Å²) in [5.41, 5.74) is -0.197. The summed E-state index contributed by atoms with van der Waals surface area (Å²) in [6.07, 6.45) is 3.31. The number of nitrogens with zero attached hydrogens (tertiary/aromatic N) is 1. The zero-order chi connectivity index (χ0) is 16.5. The van der Waals surface area contributed by atoms with E-state index in [1.54, 1.807) is 18.5 Å². The van der Waals surface area contributed by atoms with Gasteiger partial charge < -0.3 is 14.0 Å². The summed E-state index contributed by atoms with van der Waals surface area (Å²) in [5, 5.41) is 0.478. The van der Waals surface area contributed by atoms with Crippen LogP contribution >= 0.6 is 11.6 Å². The third-order valence-corrected chi connectivity index (χ3v) is 4.73. The molecule has 0 saturated carbocycles. The predicted molar refractivity (Wildman–Crippen MR) is 84.7 cm³/mol. The van der Waals surface area contributed by atoms with E-state index in [9.17, 15) is 4.79 Å². The molecule has 0 aromatic carbocycles. The Kier molecular flexibility index (Phi) is 4.85. The first-order chi connectivity index (χ1) is 10.2. The molecule has 120 valence electrons. The minimum Gasteiger partial charge on any atom is -0.469 e. The molecule has 0 radical (unpaired) electrons. The lowest BCUT2D eigenvalue weighted by molar-refractivity contribution is -0.140. The highest BCUT2D eigenvalue weighted by atomic mass is 35.5. The Labute approximate surface area is 136 Å². The second kappa shape index (κ2) is 6.18. The number of aromatic nitrogens is 1. The number of methoxy groups -OCH3 is 1. The quantitative estimate of drug-likeness (QED) is 0.629. The number of carbonyl (C=O) groups excluding carboxylic acids is 1. The van der Waals surface area contributed by atoms with Crippen LogP contribution in [-0.4, -0.2) is 36.4 Å². The van der Waals surface area contributed by atoms with E-state index in [2.05, 4.69) is 4.98 Å². The molecule has 0 aliphatic carbocycles. The maximum absolute atomic E-state index is 11.8. The first-order valence-corrected chi connectivity index (χ1v) is 7.57. The summed E-state index contributed by atoms with van der Waals surface area (Å²) in [6.45, 7) is 7.87.